The van der Waals surface area contributed by atoms with E-state index in [-0.39, 0.29) is 5.41 Å². The van der Waals surface area contributed by atoms with Crippen LogP contribution in [0.3, 0.4) is 0 Å². The highest BCUT2D eigenvalue weighted by Gasteiger charge is 2.35. The molecule has 0 bridgehead atoms. The van der Waals surface area contributed by atoms with Crippen molar-refractivity contribution < 1.29 is 22.4 Å². The summed E-state index contributed by atoms with van der Waals surface area (Å²) in [6.07, 6.45) is -4.77. The van der Waals surface area contributed by atoms with Gasteiger partial charge in [0.05, 0.1) is 11.1 Å². The number of thiazole rings is 1. The Morgan fingerprint density at radius 1 is 1.23 bits per heavy atom. The molecule has 8 heteroatoms. The second-order valence-corrected chi connectivity index (χ2v) is 7.88. The molecule has 1 aromatic carbocycles. The van der Waals surface area contributed by atoms with Crippen molar-refractivity contribution in [2.24, 2.45) is 4.99 Å². The normalized spacial score (nSPS) is 13.3. The minimum absolute atomic E-state index is 0.196. The number of alkyl halides is 3. The Morgan fingerprint density at radius 3 is 2.35 bits per heavy atom. The lowest BCUT2D eigenvalue weighted by Gasteiger charge is -2.17. The molecule has 3 nitrogen and oxygen atoms in total. The number of halogens is 4. The quantitative estimate of drug-likeness (QED) is 0.661. The number of benzene rings is 1. The van der Waals surface area contributed by atoms with Gasteiger partial charge in [-0.25, -0.2) is 4.39 Å². The summed E-state index contributed by atoms with van der Waals surface area (Å²) in [6, 6.07) is 1.82. The van der Waals surface area contributed by atoms with Gasteiger partial charge in [0.15, 0.2) is 4.80 Å². The third kappa shape index (κ3) is 4.06. The van der Waals surface area contributed by atoms with E-state index < -0.39 is 29.0 Å². The number of hydrogen-bond donors (Lipinski definition) is 0. The Labute approximate surface area is 153 Å². The number of nitrogens with zero attached hydrogens (tertiary/aromatic N) is 2. The zero-order valence-corrected chi connectivity index (χ0v) is 16.0. The van der Waals surface area contributed by atoms with Crippen molar-refractivity contribution in [1.29, 1.82) is 0 Å². The summed E-state index contributed by atoms with van der Waals surface area (Å²) in [5.74, 6) is -2.03. The maximum absolute atomic E-state index is 13.4. The van der Waals surface area contributed by atoms with Crippen LogP contribution < -0.4 is 4.80 Å². The number of carbonyl (C=O) groups excluding carboxylic acids is 1. The number of aromatic nitrogens is 1. The van der Waals surface area contributed by atoms with Gasteiger partial charge in [-0.15, -0.1) is 11.3 Å². The Hall–Kier alpha value is -1.96. The number of carbonyl (C=O) groups is 1. The number of amides is 1. The van der Waals surface area contributed by atoms with E-state index in [0.717, 1.165) is 10.6 Å². The standard InChI is InChI=1S/C18H20F4N2OS/c1-6-24-10(2)14(17(3,4)5)26-16(24)23-15(25)12-9-11(19)7-8-13(12)18(20,21)22/h7-9H,6H2,1-5H3. The molecule has 0 N–H and O–H groups in total. The molecule has 0 unspecified atom stereocenters. The van der Waals surface area contributed by atoms with Gasteiger partial charge in [-0.05, 0) is 37.5 Å². The fourth-order valence-electron chi connectivity index (χ4n) is 2.73. The number of hydrogen-bond acceptors (Lipinski definition) is 2. The van der Waals surface area contributed by atoms with E-state index in [0.29, 0.717) is 29.5 Å². The van der Waals surface area contributed by atoms with Gasteiger partial charge in [-0.3, -0.25) is 4.79 Å². The monoisotopic (exact) mass is 388 g/mol. The van der Waals surface area contributed by atoms with Crippen LogP contribution in [0.1, 0.15) is 54.2 Å². The van der Waals surface area contributed by atoms with Crippen LogP contribution in [-0.4, -0.2) is 10.5 Å². The van der Waals surface area contributed by atoms with E-state index in [2.05, 4.69) is 4.99 Å². The van der Waals surface area contributed by atoms with Crippen molar-refractivity contribution in [3.05, 3.63) is 50.5 Å². The minimum atomic E-state index is -4.77. The van der Waals surface area contributed by atoms with Crippen molar-refractivity contribution in [2.75, 3.05) is 0 Å². The summed E-state index contributed by atoms with van der Waals surface area (Å²) in [7, 11) is 0. The van der Waals surface area contributed by atoms with Gasteiger partial charge in [0.25, 0.3) is 5.91 Å². The first-order valence-corrected chi connectivity index (χ1v) is 8.84. The molecule has 0 aliphatic heterocycles. The maximum atomic E-state index is 13.4. The zero-order valence-electron chi connectivity index (χ0n) is 15.2. The summed E-state index contributed by atoms with van der Waals surface area (Å²) in [4.78, 5) is 17.6. The molecule has 0 spiro atoms. The molecule has 2 rings (SSSR count). The SMILES string of the molecule is CCn1c(C)c(C(C)(C)C)sc1=NC(=O)c1cc(F)ccc1C(F)(F)F. The van der Waals surface area contributed by atoms with Crippen molar-refractivity contribution in [3.8, 4) is 0 Å². The van der Waals surface area contributed by atoms with Crippen LogP contribution in [0, 0.1) is 12.7 Å². The van der Waals surface area contributed by atoms with Crippen molar-refractivity contribution in [1.82, 2.24) is 4.57 Å². The predicted molar refractivity (Wildman–Crippen MR) is 92.7 cm³/mol. The topological polar surface area (TPSA) is 34.4 Å². The molecule has 1 aromatic heterocycles. The van der Waals surface area contributed by atoms with Crippen molar-refractivity contribution in [2.45, 2.75) is 52.8 Å². The molecule has 142 valence electrons. The largest absolute Gasteiger partial charge is 0.417 e. The van der Waals surface area contributed by atoms with E-state index in [1.54, 1.807) is 4.57 Å². The average molecular weight is 388 g/mol. The molecule has 0 atom stereocenters. The summed E-state index contributed by atoms with van der Waals surface area (Å²) in [6.45, 7) is 10.3. The van der Waals surface area contributed by atoms with Crippen LogP contribution in [0.5, 0.6) is 0 Å². The smallest absolute Gasteiger partial charge is 0.321 e. The van der Waals surface area contributed by atoms with Crippen LogP contribution in [0.4, 0.5) is 17.6 Å². The third-order valence-corrected chi connectivity index (χ3v) is 5.48. The van der Waals surface area contributed by atoms with Crippen LogP contribution in [0.25, 0.3) is 0 Å². The van der Waals surface area contributed by atoms with Crippen molar-refractivity contribution >= 4 is 17.2 Å². The van der Waals surface area contributed by atoms with E-state index in [4.69, 9.17) is 0 Å². The van der Waals surface area contributed by atoms with Crippen molar-refractivity contribution in [3.63, 3.8) is 0 Å². The van der Waals surface area contributed by atoms with E-state index in [1.807, 2.05) is 34.6 Å². The molecular formula is C18H20F4N2OS. The summed E-state index contributed by atoms with van der Waals surface area (Å²) in [5.41, 5.74) is -1.27. The highest BCUT2D eigenvalue weighted by atomic mass is 32.1. The maximum Gasteiger partial charge on any atom is 0.417 e. The molecule has 0 saturated carbocycles. The molecular weight excluding hydrogens is 368 g/mol. The first kappa shape index (κ1) is 20.4. The van der Waals surface area contributed by atoms with Crippen LogP contribution in [0.15, 0.2) is 23.2 Å². The number of rotatable bonds is 2. The van der Waals surface area contributed by atoms with Gasteiger partial charge in [-0.2, -0.15) is 18.2 Å². The minimum Gasteiger partial charge on any atom is -0.321 e. The first-order valence-electron chi connectivity index (χ1n) is 8.02. The van der Waals surface area contributed by atoms with Gasteiger partial charge in [0, 0.05) is 17.1 Å². The van der Waals surface area contributed by atoms with Crippen LogP contribution in [-0.2, 0) is 18.1 Å². The predicted octanol–water partition coefficient (Wildman–Crippen LogP) is 5.07. The Bertz CT molecular complexity index is 901. The van der Waals surface area contributed by atoms with Gasteiger partial charge < -0.3 is 4.57 Å². The second-order valence-electron chi connectivity index (χ2n) is 6.90. The lowest BCUT2D eigenvalue weighted by atomic mass is 9.93. The Kier molecular flexibility index (Phi) is 5.46. The fraction of sp³-hybridized carbons (Fsp3) is 0.444. The second kappa shape index (κ2) is 6.98. The summed E-state index contributed by atoms with van der Waals surface area (Å²) < 4.78 is 54.6. The van der Waals surface area contributed by atoms with E-state index >= 15 is 0 Å². The zero-order chi connectivity index (χ0) is 19.9. The molecule has 2 aromatic rings. The molecule has 0 radical (unpaired) electrons. The van der Waals surface area contributed by atoms with Gasteiger partial charge in [0.2, 0.25) is 0 Å². The Morgan fingerprint density at radius 2 is 1.85 bits per heavy atom. The molecule has 1 heterocycles. The van der Waals surface area contributed by atoms with E-state index in [9.17, 15) is 22.4 Å². The molecule has 0 aliphatic rings. The van der Waals surface area contributed by atoms with Crippen LogP contribution in [0.2, 0.25) is 0 Å². The third-order valence-electron chi connectivity index (χ3n) is 3.87. The molecule has 0 saturated heterocycles. The molecule has 0 aliphatic carbocycles. The molecule has 26 heavy (non-hydrogen) atoms. The first-order chi connectivity index (χ1) is 11.9. The highest BCUT2D eigenvalue weighted by molar-refractivity contribution is 7.09. The average Bonchev–Trinajstić information content (AvgIpc) is 2.81. The highest BCUT2D eigenvalue weighted by Crippen LogP contribution is 2.33. The molecule has 0 fully saturated rings. The van der Waals surface area contributed by atoms with Crippen LogP contribution >= 0.6 is 11.3 Å². The van der Waals surface area contributed by atoms with Gasteiger partial charge >= 0.3 is 6.18 Å². The lowest BCUT2D eigenvalue weighted by Crippen LogP contribution is -2.19. The summed E-state index contributed by atoms with van der Waals surface area (Å²) >= 11 is 1.26. The van der Waals surface area contributed by atoms with Gasteiger partial charge in [-0.1, -0.05) is 20.8 Å². The summed E-state index contributed by atoms with van der Waals surface area (Å²) in [5, 5.41) is 0. The Balaban J connectivity index is 2.66. The fourth-order valence-corrected chi connectivity index (χ4v) is 3.98. The molecule has 1 amide bonds. The lowest BCUT2D eigenvalue weighted by molar-refractivity contribution is -0.137. The van der Waals surface area contributed by atoms with Gasteiger partial charge in [0.1, 0.15) is 5.82 Å². The van der Waals surface area contributed by atoms with E-state index in [1.165, 1.54) is 11.3 Å².